The highest BCUT2D eigenvalue weighted by Crippen LogP contribution is 2.31. The van der Waals surface area contributed by atoms with Crippen molar-refractivity contribution < 1.29 is 19.1 Å². The van der Waals surface area contributed by atoms with Gasteiger partial charge in [0, 0.05) is 23.5 Å². The van der Waals surface area contributed by atoms with Crippen molar-refractivity contribution >= 4 is 23.2 Å². The largest absolute Gasteiger partial charge is 0.443 e. The highest BCUT2D eigenvalue weighted by Gasteiger charge is 2.31. The zero-order chi connectivity index (χ0) is 19.3. The predicted octanol–water partition coefficient (Wildman–Crippen LogP) is 3.77. The van der Waals surface area contributed by atoms with Crippen LogP contribution < -0.4 is 0 Å². The van der Waals surface area contributed by atoms with Crippen molar-refractivity contribution in [2.75, 3.05) is 26.3 Å². The van der Waals surface area contributed by atoms with Crippen LogP contribution in [0.1, 0.15) is 51.0 Å². The van der Waals surface area contributed by atoms with E-state index in [4.69, 9.17) is 9.47 Å². The van der Waals surface area contributed by atoms with Crippen LogP contribution in [0.25, 0.3) is 0 Å². The number of aryl methyl sites for hydroxylation is 2. The molecular formula is C22H25NO4S. The molecule has 0 radical (unpaired) electrons. The minimum atomic E-state index is -0.922. The number of hydrogen-bond acceptors (Lipinski definition) is 5. The van der Waals surface area contributed by atoms with Crippen LogP contribution in [0.3, 0.4) is 0 Å². The summed E-state index contributed by atoms with van der Waals surface area (Å²) in [6.07, 6.45) is 4.71. The van der Waals surface area contributed by atoms with E-state index in [1.807, 2.05) is 36.4 Å². The highest BCUT2D eigenvalue weighted by atomic mass is 32.1. The van der Waals surface area contributed by atoms with E-state index in [0.717, 1.165) is 12.8 Å². The molecule has 2 aromatic rings. The predicted molar refractivity (Wildman–Crippen MR) is 108 cm³/mol. The molecule has 0 saturated carbocycles. The lowest BCUT2D eigenvalue weighted by Gasteiger charge is -2.30. The van der Waals surface area contributed by atoms with Gasteiger partial charge in [-0.05, 0) is 37.3 Å². The summed E-state index contributed by atoms with van der Waals surface area (Å²) in [5.74, 6) is -0.588. The standard InChI is InChI=1S/C22H25NO4S/c24-21(23-11-13-26-14-12-23)20(16-7-3-1-4-8-16)27-22(25)19-15-17-9-5-2-6-10-18(17)28-19/h1,3-4,7-8,15,20H,2,5-6,9-14H2/t20-/m1/s1. The first-order chi connectivity index (χ1) is 13.7. The van der Waals surface area contributed by atoms with E-state index < -0.39 is 12.1 Å². The number of esters is 1. The summed E-state index contributed by atoms with van der Waals surface area (Å²) in [5.41, 5.74) is 1.97. The van der Waals surface area contributed by atoms with E-state index in [1.165, 1.54) is 41.0 Å². The third-order valence-corrected chi connectivity index (χ3v) is 6.54. The van der Waals surface area contributed by atoms with Crippen molar-refractivity contribution in [2.24, 2.45) is 0 Å². The fourth-order valence-corrected chi connectivity index (χ4v) is 4.91. The number of nitrogens with zero attached hydrogens (tertiary/aromatic N) is 1. The summed E-state index contributed by atoms with van der Waals surface area (Å²) in [6, 6.07) is 11.2. The van der Waals surface area contributed by atoms with Crippen LogP contribution in [-0.2, 0) is 27.1 Å². The second-order valence-corrected chi connectivity index (χ2v) is 8.39. The molecule has 1 aromatic heterocycles. The molecule has 2 heterocycles. The maximum Gasteiger partial charge on any atom is 0.349 e. The molecule has 1 saturated heterocycles. The van der Waals surface area contributed by atoms with E-state index >= 15 is 0 Å². The Labute approximate surface area is 169 Å². The molecule has 1 fully saturated rings. The van der Waals surface area contributed by atoms with E-state index in [1.54, 1.807) is 4.90 Å². The average Bonchev–Trinajstić information content (AvgIpc) is 3.03. The summed E-state index contributed by atoms with van der Waals surface area (Å²) in [5, 5.41) is 0. The molecule has 6 heteroatoms. The first-order valence-electron chi connectivity index (χ1n) is 9.96. The van der Waals surface area contributed by atoms with Crippen LogP contribution in [0, 0.1) is 0 Å². The van der Waals surface area contributed by atoms with Gasteiger partial charge in [0.25, 0.3) is 5.91 Å². The average molecular weight is 400 g/mol. The number of ether oxygens (including phenoxy) is 2. The highest BCUT2D eigenvalue weighted by molar-refractivity contribution is 7.14. The number of fused-ring (bicyclic) bond motifs is 1. The topological polar surface area (TPSA) is 55.8 Å². The van der Waals surface area contributed by atoms with Crippen molar-refractivity contribution in [3.8, 4) is 0 Å². The van der Waals surface area contributed by atoms with Crippen molar-refractivity contribution in [3.63, 3.8) is 0 Å². The van der Waals surface area contributed by atoms with Gasteiger partial charge in [0.15, 0.2) is 0 Å². The number of benzene rings is 1. The quantitative estimate of drug-likeness (QED) is 0.580. The van der Waals surface area contributed by atoms with Crippen molar-refractivity contribution in [1.29, 1.82) is 0 Å². The van der Waals surface area contributed by atoms with Gasteiger partial charge in [0.05, 0.1) is 13.2 Å². The maximum absolute atomic E-state index is 13.1. The molecule has 1 aromatic carbocycles. The van der Waals surface area contributed by atoms with Crippen LogP contribution in [-0.4, -0.2) is 43.1 Å². The number of morpholine rings is 1. The van der Waals surface area contributed by atoms with Gasteiger partial charge in [-0.1, -0.05) is 36.8 Å². The van der Waals surface area contributed by atoms with Gasteiger partial charge in [-0.15, -0.1) is 11.3 Å². The molecule has 1 atom stereocenters. The summed E-state index contributed by atoms with van der Waals surface area (Å²) >= 11 is 1.52. The van der Waals surface area contributed by atoms with Gasteiger partial charge in [0.2, 0.25) is 6.10 Å². The fourth-order valence-electron chi connectivity index (χ4n) is 3.77. The molecule has 0 N–H and O–H groups in total. The summed E-state index contributed by atoms with van der Waals surface area (Å²) in [6.45, 7) is 2.07. The Morgan fingerprint density at radius 3 is 2.57 bits per heavy atom. The molecule has 5 nitrogen and oxygen atoms in total. The first kappa shape index (κ1) is 19.2. The Morgan fingerprint density at radius 1 is 1.04 bits per heavy atom. The Morgan fingerprint density at radius 2 is 1.79 bits per heavy atom. The van der Waals surface area contributed by atoms with Gasteiger partial charge in [-0.3, -0.25) is 4.79 Å². The number of carbonyl (C=O) groups is 2. The van der Waals surface area contributed by atoms with Gasteiger partial charge in [-0.25, -0.2) is 4.79 Å². The summed E-state index contributed by atoms with van der Waals surface area (Å²) in [4.78, 5) is 29.6. The van der Waals surface area contributed by atoms with E-state index in [2.05, 4.69) is 0 Å². The van der Waals surface area contributed by atoms with Gasteiger partial charge in [0.1, 0.15) is 4.88 Å². The Kier molecular flexibility index (Phi) is 6.07. The SMILES string of the molecule is O=C(O[C@@H](C(=O)N1CCOCC1)c1ccccc1)c1cc2c(s1)CCCCC2. The minimum absolute atomic E-state index is 0.180. The fraction of sp³-hybridized carbons (Fsp3) is 0.455. The Bertz CT molecular complexity index is 803. The number of thiophene rings is 1. The minimum Gasteiger partial charge on any atom is -0.443 e. The number of amides is 1. The molecular weight excluding hydrogens is 374 g/mol. The third-order valence-electron chi connectivity index (χ3n) is 5.32. The lowest BCUT2D eigenvalue weighted by Crippen LogP contribution is -2.44. The van der Waals surface area contributed by atoms with Crippen molar-refractivity contribution in [2.45, 2.75) is 38.2 Å². The first-order valence-corrected chi connectivity index (χ1v) is 10.8. The molecule has 2 aliphatic rings. The Balaban J connectivity index is 1.55. The van der Waals surface area contributed by atoms with Crippen LogP contribution >= 0.6 is 11.3 Å². The Hall–Kier alpha value is -2.18. The van der Waals surface area contributed by atoms with Crippen molar-refractivity contribution in [3.05, 3.63) is 57.3 Å². The van der Waals surface area contributed by atoms with Gasteiger partial charge < -0.3 is 14.4 Å². The van der Waals surface area contributed by atoms with Gasteiger partial charge in [-0.2, -0.15) is 0 Å². The second kappa shape index (κ2) is 8.88. The molecule has 0 unspecified atom stereocenters. The van der Waals surface area contributed by atoms with E-state index in [-0.39, 0.29) is 5.91 Å². The van der Waals surface area contributed by atoms with E-state index in [0.29, 0.717) is 36.7 Å². The summed E-state index contributed by atoms with van der Waals surface area (Å²) < 4.78 is 11.1. The molecule has 1 amide bonds. The molecule has 1 aliphatic carbocycles. The van der Waals surface area contributed by atoms with Crippen LogP contribution in [0.4, 0.5) is 0 Å². The smallest absolute Gasteiger partial charge is 0.349 e. The molecule has 0 spiro atoms. The maximum atomic E-state index is 13.1. The third kappa shape index (κ3) is 4.28. The lowest BCUT2D eigenvalue weighted by atomic mass is 10.1. The van der Waals surface area contributed by atoms with Crippen LogP contribution in [0.15, 0.2) is 36.4 Å². The number of carbonyl (C=O) groups excluding carboxylic acids is 2. The monoisotopic (exact) mass is 399 g/mol. The molecule has 28 heavy (non-hydrogen) atoms. The number of rotatable bonds is 4. The number of hydrogen-bond donors (Lipinski definition) is 0. The molecule has 0 bridgehead atoms. The van der Waals surface area contributed by atoms with Crippen LogP contribution in [0.2, 0.25) is 0 Å². The van der Waals surface area contributed by atoms with E-state index in [9.17, 15) is 9.59 Å². The van der Waals surface area contributed by atoms with Gasteiger partial charge >= 0.3 is 5.97 Å². The molecule has 148 valence electrons. The molecule has 1 aliphatic heterocycles. The van der Waals surface area contributed by atoms with Crippen molar-refractivity contribution in [1.82, 2.24) is 4.90 Å². The normalized spacial score (nSPS) is 18.1. The lowest BCUT2D eigenvalue weighted by molar-refractivity contribution is -0.145. The second-order valence-electron chi connectivity index (χ2n) is 7.25. The zero-order valence-electron chi connectivity index (χ0n) is 15.9. The molecule has 4 rings (SSSR count). The summed E-state index contributed by atoms with van der Waals surface area (Å²) in [7, 11) is 0. The van der Waals surface area contributed by atoms with Crippen LogP contribution in [0.5, 0.6) is 0 Å². The zero-order valence-corrected chi connectivity index (χ0v) is 16.7.